The first-order valence-corrected chi connectivity index (χ1v) is 10.8. The van der Waals surface area contributed by atoms with Gasteiger partial charge in [0.2, 0.25) is 0 Å². The lowest BCUT2D eigenvalue weighted by Gasteiger charge is -2.44. The second-order valence-corrected chi connectivity index (χ2v) is 8.66. The zero-order chi connectivity index (χ0) is 19.6. The van der Waals surface area contributed by atoms with Gasteiger partial charge in [-0.25, -0.2) is 0 Å². The maximum absolute atomic E-state index is 13.0. The Balaban J connectivity index is 1.60. The Bertz CT molecular complexity index is 832. The summed E-state index contributed by atoms with van der Waals surface area (Å²) < 4.78 is 0. The highest BCUT2D eigenvalue weighted by Crippen LogP contribution is 2.47. The first kappa shape index (κ1) is 19.5. The summed E-state index contributed by atoms with van der Waals surface area (Å²) >= 11 is 6.23. The summed E-state index contributed by atoms with van der Waals surface area (Å²) in [7, 11) is 0. The van der Waals surface area contributed by atoms with Crippen LogP contribution in [0.25, 0.3) is 0 Å². The molecule has 0 aromatic heterocycles. The third-order valence-corrected chi connectivity index (χ3v) is 7.17. The molecule has 0 bridgehead atoms. The van der Waals surface area contributed by atoms with Crippen LogP contribution in [0.15, 0.2) is 48.5 Å². The third-order valence-electron chi connectivity index (χ3n) is 6.76. The van der Waals surface area contributed by atoms with E-state index in [9.17, 15) is 4.79 Å². The molecule has 1 heterocycles. The number of halogens is 1. The van der Waals surface area contributed by atoms with E-state index in [0.29, 0.717) is 23.0 Å². The molecule has 1 saturated carbocycles. The number of nitrogens with zero attached hydrogens (tertiary/aromatic N) is 1. The first-order chi connectivity index (χ1) is 13.6. The van der Waals surface area contributed by atoms with Gasteiger partial charge in [-0.15, -0.1) is 0 Å². The Hall–Kier alpha value is -1.84. The number of hydrogen-bond acceptors (Lipinski definition) is 2. The van der Waals surface area contributed by atoms with Crippen molar-refractivity contribution in [3.8, 4) is 0 Å². The summed E-state index contributed by atoms with van der Waals surface area (Å²) in [5.41, 5.74) is 2.95. The van der Waals surface area contributed by atoms with E-state index >= 15 is 0 Å². The predicted molar refractivity (Wildman–Crippen MR) is 115 cm³/mol. The number of nitrogens with one attached hydrogen (secondary N) is 1. The number of hydrogen-bond donors (Lipinski definition) is 1. The van der Waals surface area contributed by atoms with Crippen LogP contribution in [-0.4, -0.2) is 36.0 Å². The first-order valence-electron chi connectivity index (χ1n) is 10.5. The summed E-state index contributed by atoms with van der Waals surface area (Å²) in [6, 6.07) is 16.4. The number of rotatable bonds is 5. The van der Waals surface area contributed by atoms with Gasteiger partial charge in [-0.3, -0.25) is 9.69 Å². The Morgan fingerprint density at radius 1 is 1.11 bits per heavy atom. The molecule has 2 fully saturated rings. The minimum atomic E-state index is -0.0164. The fourth-order valence-electron chi connectivity index (χ4n) is 5.26. The average Bonchev–Trinajstić information content (AvgIpc) is 3.39. The number of benzene rings is 2. The Labute approximate surface area is 173 Å². The molecule has 2 atom stereocenters. The molecule has 1 amide bonds. The normalized spacial score (nSPS) is 25.1. The minimum absolute atomic E-state index is 0.0139. The molecule has 1 aliphatic heterocycles. The molecular weight excluding hydrogens is 368 g/mol. The van der Waals surface area contributed by atoms with Crippen LogP contribution < -0.4 is 5.32 Å². The van der Waals surface area contributed by atoms with Gasteiger partial charge in [0.25, 0.3) is 5.91 Å². The van der Waals surface area contributed by atoms with Gasteiger partial charge in [0.15, 0.2) is 0 Å². The van der Waals surface area contributed by atoms with Crippen LogP contribution in [0.4, 0.5) is 0 Å². The largest absolute Gasteiger partial charge is 0.350 e. The highest BCUT2D eigenvalue weighted by molar-refractivity contribution is 6.31. The maximum Gasteiger partial charge on any atom is 0.251 e. The van der Waals surface area contributed by atoms with Crippen molar-refractivity contribution in [2.75, 3.05) is 19.6 Å². The standard InChI is InChI=1S/C24H29ClN2O/c1-18-20(11-7-13-22(18)25)23(28)26-17-24(27-15-5-6-16-27)14-8-12-21(24)19-9-3-2-4-10-19/h2-4,7,9-11,13,21H,5-6,8,12,14-17H2,1H3,(H,26,28). The molecule has 1 N–H and O–H groups in total. The fraction of sp³-hybridized carbons (Fsp3) is 0.458. The van der Waals surface area contributed by atoms with Crippen molar-refractivity contribution >= 4 is 17.5 Å². The van der Waals surface area contributed by atoms with E-state index in [0.717, 1.165) is 25.1 Å². The molecule has 2 aliphatic rings. The van der Waals surface area contributed by atoms with Gasteiger partial charge in [-0.05, 0) is 69.0 Å². The van der Waals surface area contributed by atoms with Gasteiger partial charge in [0.05, 0.1) is 0 Å². The molecule has 2 aromatic rings. The van der Waals surface area contributed by atoms with Crippen LogP contribution in [-0.2, 0) is 0 Å². The maximum atomic E-state index is 13.0. The van der Waals surface area contributed by atoms with Crippen LogP contribution in [0.3, 0.4) is 0 Å². The molecule has 0 radical (unpaired) electrons. The van der Waals surface area contributed by atoms with Gasteiger partial charge in [0.1, 0.15) is 0 Å². The Morgan fingerprint density at radius 3 is 2.61 bits per heavy atom. The topological polar surface area (TPSA) is 32.3 Å². The number of likely N-dealkylation sites (tertiary alicyclic amines) is 1. The van der Waals surface area contributed by atoms with Crippen LogP contribution in [0.2, 0.25) is 5.02 Å². The molecule has 2 unspecified atom stereocenters. The molecule has 1 aliphatic carbocycles. The van der Waals surface area contributed by atoms with Gasteiger partial charge in [-0.2, -0.15) is 0 Å². The van der Waals surface area contributed by atoms with Crippen LogP contribution in [0, 0.1) is 6.92 Å². The zero-order valence-electron chi connectivity index (χ0n) is 16.6. The summed E-state index contributed by atoms with van der Waals surface area (Å²) in [6.45, 7) is 4.87. The average molecular weight is 397 g/mol. The molecular formula is C24H29ClN2O. The molecule has 28 heavy (non-hydrogen) atoms. The second-order valence-electron chi connectivity index (χ2n) is 8.25. The second kappa shape index (κ2) is 8.26. The molecule has 4 rings (SSSR count). The molecule has 4 heteroatoms. The van der Waals surface area contributed by atoms with E-state index < -0.39 is 0 Å². The van der Waals surface area contributed by atoms with Crippen LogP contribution in [0.1, 0.15) is 59.5 Å². The lowest BCUT2D eigenvalue weighted by Crippen LogP contribution is -2.56. The number of amides is 1. The highest BCUT2D eigenvalue weighted by Gasteiger charge is 2.48. The highest BCUT2D eigenvalue weighted by atomic mass is 35.5. The Kier molecular flexibility index (Phi) is 5.75. The van der Waals surface area contributed by atoms with E-state index in [4.69, 9.17) is 11.6 Å². The van der Waals surface area contributed by atoms with Crippen molar-refractivity contribution < 1.29 is 4.79 Å². The summed E-state index contributed by atoms with van der Waals surface area (Å²) in [6.07, 6.45) is 6.05. The van der Waals surface area contributed by atoms with Crippen molar-refractivity contribution in [2.45, 2.75) is 50.5 Å². The molecule has 0 spiro atoms. The molecule has 3 nitrogen and oxygen atoms in total. The Morgan fingerprint density at radius 2 is 1.86 bits per heavy atom. The summed E-state index contributed by atoms with van der Waals surface area (Å²) in [4.78, 5) is 15.6. The lowest BCUT2D eigenvalue weighted by molar-refractivity contribution is 0.0810. The van der Waals surface area contributed by atoms with Crippen LogP contribution >= 0.6 is 11.6 Å². The van der Waals surface area contributed by atoms with E-state index in [2.05, 4.69) is 40.5 Å². The van der Waals surface area contributed by atoms with Crippen molar-refractivity contribution in [3.63, 3.8) is 0 Å². The predicted octanol–water partition coefficient (Wildman–Crippen LogP) is 5.18. The van der Waals surface area contributed by atoms with E-state index in [1.54, 1.807) is 0 Å². The molecule has 2 aromatic carbocycles. The van der Waals surface area contributed by atoms with E-state index in [1.807, 2.05) is 25.1 Å². The van der Waals surface area contributed by atoms with Crippen molar-refractivity contribution in [2.24, 2.45) is 0 Å². The van der Waals surface area contributed by atoms with Crippen molar-refractivity contribution in [1.29, 1.82) is 0 Å². The quantitative estimate of drug-likeness (QED) is 0.755. The fourth-order valence-corrected chi connectivity index (χ4v) is 5.44. The number of carbonyl (C=O) groups is 1. The van der Waals surface area contributed by atoms with Gasteiger partial charge in [-0.1, -0.05) is 54.4 Å². The number of carbonyl (C=O) groups excluding carboxylic acids is 1. The SMILES string of the molecule is Cc1c(Cl)cccc1C(=O)NCC1(N2CCCC2)CCCC1c1ccccc1. The van der Waals surface area contributed by atoms with Crippen molar-refractivity contribution in [1.82, 2.24) is 10.2 Å². The monoisotopic (exact) mass is 396 g/mol. The molecule has 1 saturated heterocycles. The van der Waals surface area contributed by atoms with Gasteiger partial charge < -0.3 is 5.32 Å². The molecule has 148 valence electrons. The van der Waals surface area contributed by atoms with Gasteiger partial charge in [0, 0.05) is 28.6 Å². The van der Waals surface area contributed by atoms with E-state index in [-0.39, 0.29) is 11.4 Å². The van der Waals surface area contributed by atoms with Crippen molar-refractivity contribution in [3.05, 3.63) is 70.2 Å². The zero-order valence-corrected chi connectivity index (χ0v) is 17.3. The summed E-state index contributed by atoms with van der Waals surface area (Å²) in [5.74, 6) is 0.449. The summed E-state index contributed by atoms with van der Waals surface area (Å²) in [5, 5.41) is 3.93. The third kappa shape index (κ3) is 3.58. The minimum Gasteiger partial charge on any atom is -0.350 e. The smallest absolute Gasteiger partial charge is 0.251 e. The van der Waals surface area contributed by atoms with Crippen LogP contribution in [0.5, 0.6) is 0 Å². The lowest BCUT2D eigenvalue weighted by atomic mass is 9.80. The van der Waals surface area contributed by atoms with E-state index in [1.165, 1.54) is 31.2 Å². The van der Waals surface area contributed by atoms with Gasteiger partial charge >= 0.3 is 0 Å².